The Balaban J connectivity index is 2.38. The zero-order valence-corrected chi connectivity index (χ0v) is 13.5. The zero-order valence-electron chi connectivity index (χ0n) is 11.1. The van der Waals surface area contributed by atoms with E-state index in [-0.39, 0.29) is 34.2 Å². The van der Waals surface area contributed by atoms with Crippen molar-refractivity contribution in [3.63, 3.8) is 0 Å². The van der Waals surface area contributed by atoms with E-state index in [0.717, 1.165) is 16.4 Å². The monoisotopic (exact) mass is 363 g/mol. The molecule has 0 aromatic heterocycles. The molecular formula is C13H15BrFNO3S. The van der Waals surface area contributed by atoms with Crippen LogP contribution in [0.4, 0.5) is 4.39 Å². The minimum atomic E-state index is -3.93. The van der Waals surface area contributed by atoms with Gasteiger partial charge in [0.15, 0.2) is 0 Å². The van der Waals surface area contributed by atoms with E-state index in [9.17, 15) is 17.6 Å². The number of rotatable bonds is 3. The standard InChI is InChI=1S/C13H15BrFNO3S/c1-8(2)9-5-13(17)16(7-9)20(18,19)12-4-3-10(15)6-11(12)14/h3-4,6,8-9H,5,7H2,1-2H3. The van der Waals surface area contributed by atoms with Crippen LogP contribution >= 0.6 is 15.9 Å². The smallest absolute Gasteiger partial charge is 0.267 e. The molecule has 1 atom stereocenters. The first kappa shape index (κ1) is 15.4. The summed E-state index contributed by atoms with van der Waals surface area (Å²) < 4.78 is 39.1. The molecule has 0 radical (unpaired) electrons. The maximum absolute atomic E-state index is 13.1. The van der Waals surface area contributed by atoms with Crippen LogP contribution in [0.5, 0.6) is 0 Å². The molecule has 110 valence electrons. The molecular weight excluding hydrogens is 349 g/mol. The molecule has 0 N–H and O–H groups in total. The number of sulfonamides is 1. The van der Waals surface area contributed by atoms with Crippen molar-refractivity contribution in [2.24, 2.45) is 11.8 Å². The first-order chi connectivity index (χ1) is 9.23. The van der Waals surface area contributed by atoms with Gasteiger partial charge in [-0.25, -0.2) is 17.1 Å². The lowest BCUT2D eigenvalue weighted by atomic mass is 9.95. The van der Waals surface area contributed by atoms with Crippen molar-refractivity contribution < 1.29 is 17.6 Å². The Hall–Kier alpha value is -0.950. The van der Waals surface area contributed by atoms with Gasteiger partial charge in [0, 0.05) is 17.4 Å². The average molecular weight is 364 g/mol. The van der Waals surface area contributed by atoms with Gasteiger partial charge in [0.25, 0.3) is 10.0 Å². The molecule has 1 fully saturated rings. The summed E-state index contributed by atoms with van der Waals surface area (Å²) in [5, 5.41) is 0. The quantitative estimate of drug-likeness (QED) is 0.829. The first-order valence-corrected chi connectivity index (χ1v) is 8.47. The zero-order chi connectivity index (χ0) is 15.1. The summed E-state index contributed by atoms with van der Waals surface area (Å²) in [6.07, 6.45) is 0.232. The van der Waals surface area contributed by atoms with Crippen LogP contribution in [0.3, 0.4) is 0 Å². The molecule has 1 heterocycles. The number of amides is 1. The van der Waals surface area contributed by atoms with Crippen molar-refractivity contribution in [3.05, 3.63) is 28.5 Å². The molecule has 0 saturated carbocycles. The number of benzene rings is 1. The van der Waals surface area contributed by atoms with Crippen LogP contribution in [0, 0.1) is 17.7 Å². The largest absolute Gasteiger partial charge is 0.274 e. The summed E-state index contributed by atoms with van der Waals surface area (Å²) in [6, 6.07) is 3.32. The van der Waals surface area contributed by atoms with Crippen LogP contribution in [-0.2, 0) is 14.8 Å². The van der Waals surface area contributed by atoms with Gasteiger partial charge in [0.1, 0.15) is 10.7 Å². The molecule has 1 unspecified atom stereocenters. The van der Waals surface area contributed by atoms with Crippen LogP contribution in [-0.4, -0.2) is 25.2 Å². The van der Waals surface area contributed by atoms with Crippen molar-refractivity contribution in [3.8, 4) is 0 Å². The van der Waals surface area contributed by atoms with E-state index in [4.69, 9.17) is 0 Å². The molecule has 7 heteroatoms. The normalized spacial score (nSPS) is 19.9. The van der Waals surface area contributed by atoms with Gasteiger partial charge in [0.2, 0.25) is 5.91 Å². The predicted molar refractivity (Wildman–Crippen MR) is 75.9 cm³/mol. The third kappa shape index (κ3) is 2.74. The third-order valence-electron chi connectivity index (χ3n) is 3.52. The van der Waals surface area contributed by atoms with E-state index >= 15 is 0 Å². The molecule has 0 aliphatic carbocycles. The Morgan fingerprint density at radius 2 is 2.05 bits per heavy atom. The Morgan fingerprint density at radius 3 is 2.55 bits per heavy atom. The summed E-state index contributed by atoms with van der Waals surface area (Å²) in [6.45, 7) is 4.10. The Kier molecular flexibility index (Phi) is 4.20. The molecule has 4 nitrogen and oxygen atoms in total. The molecule has 2 rings (SSSR count). The highest BCUT2D eigenvalue weighted by Gasteiger charge is 2.40. The number of carbonyl (C=O) groups excluding carboxylic acids is 1. The molecule has 1 amide bonds. The maximum Gasteiger partial charge on any atom is 0.267 e. The summed E-state index contributed by atoms with van der Waals surface area (Å²) in [7, 11) is -3.93. The molecule has 1 aromatic rings. The van der Waals surface area contributed by atoms with Crippen LogP contribution in [0.2, 0.25) is 0 Å². The predicted octanol–water partition coefficient (Wildman–Crippen LogP) is 2.78. The van der Waals surface area contributed by atoms with Crippen molar-refractivity contribution in [2.75, 3.05) is 6.54 Å². The van der Waals surface area contributed by atoms with Gasteiger partial charge < -0.3 is 0 Å². The fraction of sp³-hybridized carbons (Fsp3) is 0.462. The Bertz CT molecular complexity index is 645. The van der Waals surface area contributed by atoms with Gasteiger partial charge in [-0.05, 0) is 46.0 Å². The topological polar surface area (TPSA) is 54.5 Å². The van der Waals surface area contributed by atoms with Gasteiger partial charge in [-0.15, -0.1) is 0 Å². The molecule has 1 aliphatic rings. The first-order valence-electron chi connectivity index (χ1n) is 6.24. The lowest BCUT2D eigenvalue weighted by molar-refractivity contribution is -0.123. The molecule has 20 heavy (non-hydrogen) atoms. The Morgan fingerprint density at radius 1 is 1.40 bits per heavy atom. The molecule has 1 aliphatic heterocycles. The minimum absolute atomic E-state index is 0.0245. The average Bonchev–Trinajstić information content (AvgIpc) is 2.71. The molecule has 0 spiro atoms. The fourth-order valence-corrected chi connectivity index (χ4v) is 4.66. The van der Waals surface area contributed by atoms with E-state index in [0.29, 0.717) is 0 Å². The van der Waals surface area contributed by atoms with Crippen LogP contribution in [0.15, 0.2) is 27.6 Å². The van der Waals surface area contributed by atoms with Gasteiger partial charge in [-0.3, -0.25) is 4.79 Å². The van der Waals surface area contributed by atoms with Crippen molar-refractivity contribution >= 4 is 31.9 Å². The van der Waals surface area contributed by atoms with E-state index in [1.807, 2.05) is 13.8 Å². The van der Waals surface area contributed by atoms with E-state index < -0.39 is 21.7 Å². The van der Waals surface area contributed by atoms with E-state index in [1.165, 1.54) is 6.07 Å². The second-order valence-electron chi connectivity index (χ2n) is 5.21. The third-order valence-corrected chi connectivity index (χ3v) is 6.28. The summed E-state index contributed by atoms with van der Waals surface area (Å²) in [4.78, 5) is 11.9. The van der Waals surface area contributed by atoms with E-state index in [2.05, 4.69) is 15.9 Å². The lowest BCUT2D eigenvalue weighted by Gasteiger charge is -2.19. The molecule has 1 saturated heterocycles. The van der Waals surface area contributed by atoms with Crippen molar-refractivity contribution in [2.45, 2.75) is 25.2 Å². The highest BCUT2D eigenvalue weighted by Crippen LogP contribution is 2.32. The van der Waals surface area contributed by atoms with Gasteiger partial charge >= 0.3 is 0 Å². The van der Waals surface area contributed by atoms with Crippen molar-refractivity contribution in [1.82, 2.24) is 4.31 Å². The van der Waals surface area contributed by atoms with Gasteiger partial charge in [-0.2, -0.15) is 0 Å². The summed E-state index contributed by atoms with van der Waals surface area (Å²) in [5.74, 6) is -0.684. The Labute approximate surface area is 126 Å². The van der Waals surface area contributed by atoms with Gasteiger partial charge in [-0.1, -0.05) is 13.8 Å². The minimum Gasteiger partial charge on any atom is -0.274 e. The number of halogens is 2. The van der Waals surface area contributed by atoms with Gasteiger partial charge in [0.05, 0.1) is 0 Å². The maximum atomic E-state index is 13.1. The number of nitrogens with zero attached hydrogens (tertiary/aromatic N) is 1. The summed E-state index contributed by atoms with van der Waals surface area (Å²) >= 11 is 3.04. The van der Waals surface area contributed by atoms with E-state index in [1.54, 1.807) is 0 Å². The second kappa shape index (κ2) is 5.44. The number of hydrogen-bond acceptors (Lipinski definition) is 3. The molecule has 1 aromatic carbocycles. The summed E-state index contributed by atoms with van der Waals surface area (Å²) in [5.41, 5.74) is 0. The van der Waals surface area contributed by atoms with Crippen LogP contribution < -0.4 is 0 Å². The number of hydrogen-bond donors (Lipinski definition) is 0. The lowest BCUT2D eigenvalue weighted by Crippen LogP contribution is -2.33. The van der Waals surface area contributed by atoms with Crippen molar-refractivity contribution in [1.29, 1.82) is 0 Å². The molecule has 0 bridgehead atoms. The fourth-order valence-electron chi connectivity index (χ4n) is 2.19. The van der Waals surface area contributed by atoms with Crippen LogP contribution in [0.25, 0.3) is 0 Å². The van der Waals surface area contributed by atoms with Crippen LogP contribution in [0.1, 0.15) is 20.3 Å². The number of carbonyl (C=O) groups is 1. The highest BCUT2D eigenvalue weighted by molar-refractivity contribution is 9.10. The highest BCUT2D eigenvalue weighted by atomic mass is 79.9. The SMILES string of the molecule is CC(C)C1CC(=O)N(S(=O)(=O)c2ccc(F)cc2Br)C1. The second-order valence-corrected chi connectivity index (χ2v) is 7.90.